The smallest absolute Gasteiger partial charge is 0.269 e. The summed E-state index contributed by atoms with van der Waals surface area (Å²) < 4.78 is 28.0. The molecule has 4 aromatic heterocycles. The first kappa shape index (κ1) is 23.4. The number of nitrogens with zero attached hydrogens (tertiary/aromatic N) is 5. The largest absolute Gasteiger partial charge is 0.379 e. The molecule has 0 spiro atoms. The molecular weight excluding hydrogens is 539 g/mol. The lowest BCUT2D eigenvalue weighted by Crippen LogP contribution is -2.24. The monoisotopic (exact) mass is 557 g/mol. The molecule has 0 unspecified atom stereocenters. The fourth-order valence-corrected chi connectivity index (χ4v) is 7.92. The minimum absolute atomic E-state index is 0.166. The molecule has 0 radical (unpaired) electrons. The Morgan fingerprint density at radius 1 is 0.974 bits per heavy atom. The predicted octanol–water partition coefficient (Wildman–Crippen LogP) is 5.10. The standard InChI is InChI=1S/C27H19N5O3S3/c33-27(10-9-22-24(27)30-16-37-22)18-6-4-5-17(13-18)21-15-36-26(31-21)20-14-32(25-23(20)28-11-12-29-25)38(34,35)19-7-2-1-3-8-19/h1-8,11-16,33H,9-10H2/t27-/m1/s1. The number of aryl methyl sites for hydroxylation is 1. The molecule has 7 rings (SSSR count). The van der Waals surface area contributed by atoms with Gasteiger partial charge in [0.25, 0.3) is 10.0 Å². The summed E-state index contributed by atoms with van der Waals surface area (Å²) in [6.07, 6.45) is 5.96. The Balaban J connectivity index is 1.30. The molecule has 2 aromatic carbocycles. The van der Waals surface area contributed by atoms with Crippen molar-refractivity contribution in [3.8, 4) is 21.8 Å². The number of rotatable bonds is 5. The fraction of sp³-hybridized carbons (Fsp3) is 0.111. The molecule has 0 bridgehead atoms. The van der Waals surface area contributed by atoms with Crippen LogP contribution in [-0.2, 0) is 22.0 Å². The van der Waals surface area contributed by atoms with Gasteiger partial charge in [-0.05, 0) is 36.6 Å². The van der Waals surface area contributed by atoms with Crippen molar-refractivity contribution in [1.29, 1.82) is 0 Å². The number of aromatic nitrogens is 5. The van der Waals surface area contributed by atoms with Gasteiger partial charge in [0.05, 0.1) is 27.4 Å². The Labute approximate surface area is 226 Å². The number of benzene rings is 2. The van der Waals surface area contributed by atoms with Crippen LogP contribution in [0.1, 0.15) is 22.6 Å². The van der Waals surface area contributed by atoms with Crippen LogP contribution in [0.5, 0.6) is 0 Å². The number of thiazole rings is 2. The second-order valence-electron chi connectivity index (χ2n) is 8.99. The number of hydrogen-bond donors (Lipinski definition) is 1. The third kappa shape index (κ3) is 3.54. The van der Waals surface area contributed by atoms with E-state index >= 15 is 0 Å². The van der Waals surface area contributed by atoms with Gasteiger partial charge in [-0.15, -0.1) is 22.7 Å². The van der Waals surface area contributed by atoms with Crippen LogP contribution in [0.25, 0.3) is 33.0 Å². The normalized spacial score (nSPS) is 17.2. The number of fused-ring (bicyclic) bond motifs is 2. The van der Waals surface area contributed by atoms with Gasteiger partial charge in [0, 0.05) is 34.4 Å². The molecular formula is C27H19N5O3S3. The van der Waals surface area contributed by atoms with Gasteiger partial charge in [-0.2, -0.15) is 0 Å². The van der Waals surface area contributed by atoms with E-state index in [2.05, 4.69) is 15.0 Å². The van der Waals surface area contributed by atoms with Crippen molar-refractivity contribution >= 4 is 43.9 Å². The highest BCUT2D eigenvalue weighted by molar-refractivity contribution is 7.90. The van der Waals surface area contributed by atoms with Crippen LogP contribution >= 0.6 is 22.7 Å². The highest BCUT2D eigenvalue weighted by Gasteiger charge is 2.41. The summed E-state index contributed by atoms with van der Waals surface area (Å²) in [7, 11) is -3.88. The molecule has 0 saturated carbocycles. The second kappa shape index (κ2) is 8.63. The van der Waals surface area contributed by atoms with E-state index in [9.17, 15) is 13.5 Å². The van der Waals surface area contributed by atoms with E-state index in [0.29, 0.717) is 22.5 Å². The van der Waals surface area contributed by atoms with E-state index in [0.717, 1.165) is 33.8 Å². The lowest BCUT2D eigenvalue weighted by Gasteiger charge is -2.23. The van der Waals surface area contributed by atoms with Crippen molar-refractivity contribution in [1.82, 2.24) is 23.9 Å². The minimum Gasteiger partial charge on any atom is -0.379 e. The average molecular weight is 558 g/mol. The maximum Gasteiger partial charge on any atom is 0.269 e. The molecule has 1 N–H and O–H groups in total. The lowest BCUT2D eigenvalue weighted by atomic mass is 9.90. The van der Waals surface area contributed by atoms with Gasteiger partial charge in [-0.25, -0.2) is 27.3 Å². The van der Waals surface area contributed by atoms with Crippen LogP contribution in [0.2, 0.25) is 0 Å². The van der Waals surface area contributed by atoms with Crippen LogP contribution in [0.15, 0.2) is 89.0 Å². The Hall–Kier alpha value is -3.77. The van der Waals surface area contributed by atoms with Gasteiger partial charge < -0.3 is 5.11 Å². The molecule has 1 aliphatic rings. The van der Waals surface area contributed by atoms with E-state index in [1.165, 1.54) is 27.7 Å². The molecule has 0 fully saturated rings. The van der Waals surface area contributed by atoms with Crippen molar-refractivity contribution < 1.29 is 13.5 Å². The highest BCUT2D eigenvalue weighted by Crippen LogP contribution is 2.44. The molecule has 1 atom stereocenters. The van der Waals surface area contributed by atoms with Crippen LogP contribution in [0, 0.1) is 0 Å². The Morgan fingerprint density at radius 2 is 1.82 bits per heavy atom. The molecule has 0 aliphatic heterocycles. The molecule has 8 nitrogen and oxygen atoms in total. The topological polar surface area (TPSA) is 111 Å². The molecule has 4 heterocycles. The minimum atomic E-state index is -3.88. The first-order valence-electron chi connectivity index (χ1n) is 11.8. The van der Waals surface area contributed by atoms with Crippen molar-refractivity contribution in [2.75, 3.05) is 0 Å². The zero-order valence-corrected chi connectivity index (χ0v) is 22.2. The van der Waals surface area contributed by atoms with E-state index in [-0.39, 0.29) is 10.5 Å². The van der Waals surface area contributed by atoms with E-state index in [1.54, 1.807) is 53.4 Å². The summed E-state index contributed by atoms with van der Waals surface area (Å²) in [6, 6.07) is 16.0. The zero-order chi connectivity index (χ0) is 25.9. The molecule has 38 heavy (non-hydrogen) atoms. The maximum absolute atomic E-state index is 13.4. The summed E-state index contributed by atoms with van der Waals surface area (Å²) in [5.41, 5.74) is 5.06. The Bertz CT molecular complexity index is 1930. The van der Waals surface area contributed by atoms with Gasteiger partial charge in [-0.1, -0.05) is 36.4 Å². The van der Waals surface area contributed by atoms with Crippen LogP contribution < -0.4 is 0 Å². The second-order valence-corrected chi connectivity index (χ2v) is 12.6. The Kier molecular flexibility index (Phi) is 5.31. The number of hydrogen-bond acceptors (Lipinski definition) is 9. The maximum atomic E-state index is 13.4. The van der Waals surface area contributed by atoms with Crippen LogP contribution in [0.3, 0.4) is 0 Å². The van der Waals surface area contributed by atoms with Gasteiger partial charge in [0.2, 0.25) is 0 Å². The summed E-state index contributed by atoms with van der Waals surface area (Å²) in [4.78, 5) is 19.3. The van der Waals surface area contributed by atoms with Crippen LogP contribution in [0.4, 0.5) is 0 Å². The van der Waals surface area contributed by atoms with Gasteiger partial charge in [0.1, 0.15) is 16.1 Å². The van der Waals surface area contributed by atoms with Crippen molar-refractivity contribution in [2.45, 2.75) is 23.3 Å². The van der Waals surface area contributed by atoms with Crippen molar-refractivity contribution in [3.63, 3.8) is 0 Å². The summed E-state index contributed by atoms with van der Waals surface area (Å²) in [5.74, 6) is 0. The van der Waals surface area contributed by atoms with E-state index < -0.39 is 15.6 Å². The summed E-state index contributed by atoms with van der Waals surface area (Å²) >= 11 is 2.97. The van der Waals surface area contributed by atoms with E-state index in [4.69, 9.17) is 4.98 Å². The molecule has 0 amide bonds. The highest BCUT2D eigenvalue weighted by atomic mass is 32.2. The first-order chi connectivity index (χ1) is 18.4. The first-order valence-corrected chi connectivity index (χ1v) is 15.0. The lowest BCUT2D eigenvalue weighted by molar-refractivity contribution is 0.0790. The summed E-state index contributed by atoms with van der Waals surface area (Å²) in [6.45, 7) is 0. The Morgan fingerprint density at radius 3 is 2.68 bits per heavy atom. The predicted molar refractivity (Wildman–Crippen MR) is 147 cm³/mol. The summed E-state index contributed by atoms with van der Waals surface area (Å²) in [5, 5.41) is 14.0. The molecule has 1 aliphatic carbocycles. The van der Waals surface area contributed by atoms with Gasteiger partial charge >= 0.3 is 0 Å². The zero-order valence-electron chi connectivity index (χ0n) is 19.7. The van der Waals surface area contributed by atoms with Crippen molar-refractivity contribution in [3.05, 3.63) is 100 Å². The van der Waals surface area contributed by atoms with E-state index in [1.807, 2.05) is 29.6 Å². The average Bonchev–Trinajstić information content (AvgIpc) is 3.74. The third-order valence-electron chi connectivity index (χ3n) is 6.81. The molecule has 0 saturated heterocycles. The fourth-order valence-electron chi connectivity index (χ4n) is 4.91. The number of aliphatic hydroxyl groups is 1. The quantitative estimate of drug-likeness (QED) is 0.314. The molecule has 11 heteroatoms. The van der Waals surface area contributed by atoms with Crippen molar-refractivity contribution in [2.24, 2.45) is 0 Å². The van der Waals surface area contributed by atoms with Gasteiger partial charge in [0.15, 0.2) is 5.65 Å². The van der Waals surface area contributed by atoms with Gasteiger partial charge in [-0.3, -0.25) is 4.98 Å². The SMILES string of the molecule is O=S(=O)(c1ccccc1)n1cc(-c2nc(-c3cccc([C@]4(O)CCc5scnc54)c3)cs2)c2nccnc21. The van der Waals surface area contributed by atoms with Crippen LogP contribution in [-0.4, -0.2) is 37.4 Å². The third-order valence-corrected chi connectivity index (χ3v) is 10.2. The molecule has 188 valence electrons. The molecule has 6 aromatic rings.